The molecule has 0 unspecified atom stereocenters. The third-order valence-electron chi connectivity index (χ3n) is 5.36. The van der Waals surface area contributed by atoms with Crippen LogP contribution in [0, 0.1) is 4.77 Å². The van der Waals surface area contributed by atoms with Gasteiger partial charge in [-0.1, -0.05) is 30.3 Å². The first-order valence-corrected chi connectivity index (χ1v) is 10.8. The molecular formula is C23H28N4O2S. The monoisotopic (exact) mass is 424 g/mol. The fraction of sp³-hybridized carbons (Fsp3) is 0.391. The average molecular weight is 425 g/mol. The van der Waals surface area contributed by atoms with Crippen LogP contribution in [0.15, 0.2) is 42.5 Å². The van der Waals surface area contributed by atoms with Crippen LogP contribution in [0.2, 0.25) is 0 Å². The zero-order chi connectivity index (χ0) is 21.1. The number of nitrogens with zero attached hydrogens (tertiary/aromatic N) is 4. The van der Waals surface area contributed by atoms with Crippen LogP contribution >= 0.6 is 12.2 Å². The van der Waals surface area contributed by atoms with Crippen LogP contribution in [0.3, 0.4) is 0 Å². The summed E-state index contributed by atoms with van der Waals surface area (Å²) in [7, 11) is 1.98. The first kappa shape index (κ1) is 20.6. The van der Waals surface area contributed by atoms with E-state index in [1.165, 1.54) is 11.1 Å². The van der Waals surface area contributed by atoms with Crippen molar-refractivity contribution in [1.29, 1.82) is 0 Å². The minimum atomic E-state index is 0.619. The number of ether oxygens (including phenoxy) is 2. The van der Waals surface area contributed by atoms with E-state index in [-0.39, 0.29) is 0 Å². The van der Waals surface area contributed by atoms with Crippen LogP contribution in [0.4, 0.5) is 0 Å². The molecule has 7 heteroatoms. The van der Waals surface area contributed by atoms with Gasteiger partial charge in [-0.2, -0.15) is 5.10 Å². The van der Waals surface area contributed by atoms with Crippen molar-refractivity contribution in [2.75, 3.05) is 19.8 Å². The maximum atomic E-state index is 5.82. The third kappa shape index (κ3) is 4.13. The van der Waals surface area contributed by atoms with Crippen LogP contribution in [0.1, 0.15) is 25.0 Å². The second-order valence-electron chi connectivity index (χ2n) is 7.41. The lowest BCUT2D eigenvalue weighted by molar-refractivity contribution is 0.187. The number of aromatic nitrogens is 3. The van der Waals surface area contributed by atoms with E-state index < -0.39 is 0 Å². The van der Waals surface area contributed by atoms with Crippen molar-refractivity contribution >= 4 is 12.2 Å². The van der Waals surface area contributed by atoms with E-state index in [9.17, 15) is 0 Å². The first-order valence-electron chi connectivity index (χ1n) is 10.4. The average Bonchev–Trinajstić information content (AvgIpc) is 3.04. The summed E-state index contributed by atoms with van der Waals surface area (Å²) in [5.74, 6) is 2.55. The molecule has 1 aromatic heterocycles. The van der Waals surface area contributed by atoms with E-state index in [0.29, 0.717) is 19.9 Å². The minimum Gasteiger partial charge on any atom is -0.490 e. The lowest BCUT2D eigenvalue weighted by Gasteiger charge is -2.29. The summed E-state index contributed by atoms with van der Waals surface area (Å²) in [4.78, 5) is 2.37. The van der Waals surface area contributed by atoms with Crippen molar-refractivity contribution < 1.29 is 9.47 Å². The van der Waals surface area contributed by atoms with Crippen molar-refractivity contribution in [2.24, 2.45) is 7.05 Å². The van der Waals surface area contributed by atoms with E-state index in [0.717, 1.165) is 47.2 Å². The van der Waals surface area contributed by atoms with E-state index in [4.69, 9.17) is 26.8 Å². The maximum absolute atomic E-state index is 5.82. The molecule has 0 bridgehead atoms. The molecule has 0 amide bonds. The highest BCUT2D eigenvalue weighted by molar-refractivity contribution is 7.71. The Balaban J connectivity index is 1.56. The van der Waals surface area contributed by atoms with Crippen LogP contribution in [-0.4, -0.2) is 39.0 Å². The Bertz CT molecular complexity index is 1070. The van der Waals surface area contributed by atoms with Crippen LogP contribution in [0.25, 0.3) is 11.4 Å². The van der Waals surface area contributed by atoms with Crippen molar-refractivity contribution in [3.05, 3.63) is 58.4 Å². The molecule has 1 aliphatic heterocycles. The molecule has 2 heterocycles. The second kappa shape index (κ2) is 9.02. The molecule has 0 atom stereocenters. The Kier molecular flexibility index (Phi) is 6.20. The second-order valence-corrected chi connectivity index (χ2v) is 7.77. The van der Waals surface area contributed by atoms with Gasteiger partial charge in [0.25, 0.3) is 0 Å². The fourth-order valence-corrected chi connectivity index (χ4v) is 4.07. The van der Waals surface area contributed by atoms with Crippen molar-refractivity contribution in [1.82, 2.24) is 19.2 Å². The Morgan fingerprint density at radius 2 is 1.67 bits per heavy atom. The highest BCUT2D eigenvalue weighted by Gasteiger charge is 2.21. The molecule has 0 radical (unpaired) electrons. The largest absolute Gasteiger partial charge is 0.490 e. The molecule has 2 aromatic carbocycles. The lowest BCUT2D eigenvalue weighted by atomic mass is 9.99. The van der Waals surface area contributed by atoms with E-state index in [1.54, 1.807) is 0 Å². The molecule has 0 saturated heterocycles. The number of fused-ring (bicyclic) bond motifs is 1. The smallest absolute Gasteiger partial charge is 0.199 e. The standard InChI is InChI=1S/C23H28N4O2S/c1-4-28-20-13-18-11-12-26(15-19(18)14-21(20)29-5-2)16-27-23(30)25(3)22(24-27)17-9-7-6-8-10-17/h6-10,13-14H,4-5,11-12,15-16H2,1-3H3. The van der Waals surface area contributed by atoms with E-state index in [1.807, 2.05) is 48.3 Å². The van der Waals surface area contributed by atoms with Gasteiger partial charge in [0.15, 0.2) is 22.1 Å². The molecule has 0 fully saturated rings. The van der Waals surface area contributed by atoms with Crippen LogP contribution in [-0.2, 0) is 26.7 Å². The van der Waals surface area contributed by atoms with Crippen LogP contribution in [0.5, 0.6) is 11.5 Å². The molecule has 0 N–H and O–H groups in total. The molecule has 6 nitrogen and oxygen atoms in total. The Hall–Kier alpha value is -2.64. The Morgan fingerprint density at radius 1 is 1.00 bits per heavy atom. The van der Waals surface area contributed by atoms with E-state index >= 15 is 0 Å². The topological polar surface area (TPSA) is 44.5 Å². The fourth-order valence-electron chi connectivity index (χ4n) is 3.89. The Morgan fingerprint density at radius 3 is 2.33 bits per heavy atom. The van der Waals surface area contributed by atoms with Crippen molar-refractivity contribution in [2.45, 2.75) is 33.5 Å². The van der Waals surface area contributed by atoms with Gasteiger partial charge >= 0.3 is 0 Å². The Labute approximate surface area is 182 Å². The van der Waals surface area contributed by atoms with Gasteiger partial charge in [-0.05, 0) is 55.7 Å². The molecular weight excluding hydrogens is 396 g/mol. The molecule has 0 aliphatic carbocycles. The normalized spacial score (nSPS) is 13.8. The van der Waals surface area contributed by atoms with Gasteiger partial charge < -0.3 is 14.0 Å². The predicted molar refractivity (Wildman–Crippen MR) is 120 cm³/mol. The molecule has 30 heavy (non-hydrogen) atoms. The van der Waals surface area contributed by atoms with Crippen molar-refractivity contribution in [3.63, 3.8) is 0 Å². The molecule has 0 saturated carbocycles. The highest BCUT2D eigenvalue weighted by Crippen LogP contribution is 2.34. The lowest BCUT2D eigenvalue weighted by Crippen LogP contribution is -2.33. The van der Waals surface area contributed by atoms with Gasteiger partial charge in [0.05, 0.1) is 19.9 Å². The molecule has 4 rings (SSSR count). The summed E-state index contributed by atoms with van der Waals surface area (Å²) < 4.78 is 16.2. The van der Waals surface area contributed by atoms with Crippen molar-refractivity contribution in [3.8, 4) is 22.9 Å². The first-order chi connectivity index (χ1) is 14.6. The number of benzene rings is 2. The van der Waals surface area contributed by atoms with Gasteiger partial charge in [-0.15, -0.1) is 0 Å². The molecule has 1 aliphatic rings. The van der Waals surface area contributed by atoms with Gasteiger partial charge in [0, 0.05) is 25.7 Å². The van der Waals surface area contributed by atoms with Crippen LogP contribution < -0.4 is 9.47 Å². The summed E-state index contributed by atoms with van der Waals surface area (Å²) in [5, 5.41) is 4.80. The maximum Gasteiger partial charge on any atom is 0.199 e. The molecule has 3 aromatic rings. The summed E-state index contributed by atoms with van der Waals surface area (Å²) in [5.41, 5.74) is 3.67. The molecule has 158 valence electrons. The minimum absolute atomic E-state index is 0.619. The number of rotatable bonds is 7. The van der Waals surface area contributed by atoms with Gasteiger partial charge in [-0.25, -0.2) is 4.68 Å². The summed E-state index contributed by atoms with van der Waals surface area (Å²) in [6.07, 6.45) is 0.966. The zero-order valence-corrected chi connectivity index (χ0v) is 18.6. The van der Waals surface area contributed by atoms with E-state index in [2.05, 4.69) is 29.2 Å². The summed E-state index contributed by atoms with van der Waals surface area (Å²) >= 11 is 5.66. The van der Waals surface area contributed by atoms with Gasteiger partial charge in [0.1, 0.15) is 0 Å². The van der Waals surface area contributed by atoms with Gasteiger partial charge in [-0.3, -0.25) is 4.90 Å². The molecule has 0 spiro atoms. The number of hydrogen-bond donors (Lipinski definition) is 0. The van der Waals surface area contributed by atoms with Gasteiger partial charge in [0.2, 0.25) is 0 Å². The summed E-state index contributed by atoms with van der Waals surface area (Å²) in [6, 6.07) is 14.4. The summed E-state index contributed by atoms with van der Waals surface area (Å²) in [6.45, 7) is 7.69. The highest BCUT2D eigenvalue weighted by atomic mass is 32.1. The third-order valence-corrected chi connectivity index (χ3v) is 5.85. The predicted octanol–water partition coefficient (Wildman–Crippen LogP) is 4.43. The number of hydrogen-bond acceptors (Lipinski definition) is 5. The zero-order valence-electron chi connectivity index (χ0n) is 17.8. The SMILES string of the molecule is CCOc1cc2c(cc1OCC)CN(Cn1nc(-c3ccccc3)n(C)c1=S)CC2. The quantitative estimate of drug-likeness (QED) is 0.525.